The topological polar surface area (TPSA) is 0 Å². The van der Waals surface area contributed by atoms with Gasteiger partial charge in [-0.15, -0.1) is 0 Å². The molecule has 0 unspecified atom stereocenters. The molecule has 25 heavy (non-hydrogen) atoms. The van der Waals surface area contributed by atoms with Gasteiger partial charge in [-0.05, 0) is 73.5 Å². The minimum Gasteiger partial charge on any atom is -0.0654 e. The smallest absolute Gasteiger partial charge is 0.0150 e. The summed E-state index contributed by atoms with van der Waals surface area (Å²) in [5.41, 5.74) is 5.83. The van der Waals surface area contributed by atoms with E-state index in [4.69, 9.17) is 0 Å². The fourth-order valence-electron chi connectivity index (χ4n) is 4.48. The van der Waals surface area contributed by atoms with Gasteiger partial charge in [0.25, 0.3) is 0 Å². The van der Waals surface area contributed by atoms with E-state index >= 15 is 0 Å². The van der Waals surface area contributed by atoms with E-state index in [1.54, 1.807) is 5.56 Å². The molecule has 2 aromatic carbocycles. The molecule has 1 aliphatic rings. The summed E-state index contributed by atoms with van der Waals surface area (Å²) in [6.45, 7) is 6.82. The normalized spacial score (nSPS) is 21.9. The Bertz CT molecular complexity index is 627. The zero-order valence-corrected chi connectivity index (χ0v) is 16.3. The van der Waals surface area contributed by atoms with Crippen LogP contribution in [0.25, 0.3) is 0 Å². The Morgan fingerprint density at radius 3 is 2.12 bits per heavy atom. The van der Waals surface area contributed by atoms with Gasteiger partial charge in [0.15, 0.2) is 0 Å². The van der Waals surface area contributed by atoms with Crippen LogP contribution < -0.4 is 0 Å². The van der Waals surface area contributed by atoms with Crippen LogP contribution in [-0.4, -0.2) is 0 Å². The van der Waals surface area contributed by atoms with Crippen LogP contribution in [0.15, 0.2) is 48.5 Å². The first-order chi connectivity index (χ1) is 12.2. The second kappa shape index (κ2) is 8.70. The summed E-state index contributed by atoms with van der Waals surface area (Å²) in [5, 5.41) is 0. The zero-order valence-electron chi connectivity index (χ0n) is 16.3. The van der Waals surface area contributed by atoms with Crippen LogP contribution in [0.2, 0.25) is 0 Å². The Hall–Kier alpha value is -1.56. The molecule has 0 aliphatic heterocycles. The lowest BCUT2D eigenvalue weighted by Crippen LogP contribution is -2.13. The van der Waals surface area contributed by atoms with Crippen molar-refractivity contribution in [2.45, 2.75) is 77.6 Å². The van der Waals surface area contributed by atoms with Crippen LogP contribution in [0.3, 0.4) is 0 Å². The van der Waals surface area contributed by atoms with E-state index in [-0.39, 0.29) is 0 Å². The SMILES string of the molecule is CCCC1CCC(c2ccc(C[C@@H](C)c3ccc(C)cc3)cc2)CC1. The van der Waals surface area contributed by atoms with Crippen LogP contribution in [0, 0.1) is 12.8 Å². The molecule has 0 amide bonds. The zero-order chi connectivity index (χ0) is 17.6. The van der Waals surface area contributed by atoms with Gasteiger partial charge in [-0.3, -0.25) is 0 Å². The van der Waals surface area contributed by atoms with Gasteiger partial charge in [-0.1, -0.05) is 80.8 Å². The van der Waals surface area contributed by atoms with Crippen molar-refractivity contribution in [1.82, 2.24) is 0 Å². The van der Waals surface area contributed by atoms with Gasteiger partial charge in [0.2, 0.25) is 0 Å². The highest BCUT2D eigenvalue weighted by molar-refractivity contribution is 5.29. The molecular weight excluding hydrogens is 300 g/mol. The number of rotatable bonds is 6. The standard InChI is InChI=1S/C25H34/c1-4-5-21-8-14-24(15-9-21)25-16-10-22(11-17-25)18-20(3)23-12-6-19(2)7-13-23/h6-7,10-13,16-17,20-21,24H,4-5,8-9,14-15,18H2,1-3H3/t20-,21?,24?/m1/s1. The maximum absolute atomic E-state index is 2.40. The minimum absolute atomic E-state index is 0.580. The third-order valence-corrected chi connectivity index (χ3v) is 6.18. The molecule has 2 aromatic rings. The Morgan fingerprint density at radius 2 is 1.52 bits per heavy atom. The van der Waals surface area contributed by atoms with E-state index in [1.165, 1.54) is 55.2 Å². The maximum atomic E-state index is 2.40. The van der Waals surface area contributed by atoms with Gasteiger partial charge in [0.1, 0.15) is 0 Å². The van der Waals surface area contributed by atoms with Crippen molar-refractivity contribution in [3.05, 3.63) is 70.8 Å². The van der Waals surface area contributed by atoms with Crippen molar-refractivity contribution >= 4 is 0 Å². The summed E-state index contributed by atoms with van der Waals surface area (Å²) in [6.07, 6.45) is 9.57. The van der Waals surface area contributed by atoms with Gasteiger partial charge in [-0.2, -0.15) is 0 Å². The van der Waals surface area contributed by atoms with Gasteiger partial charge in [0, 0.05) is 0 Å². The lowest BCUT2D eigenvalue weighted by molar-refractivity contribution is 0.308. The maximum Gasteiger partial charge on any atom is -0.0150 e. The number of aryl methyl sites for hydroxylation is 1. The fourth-order valence-corrected chi connectivity index (χ4v) is 4.48. The molecular formula is C25H34. The van der Waals surface area contributed by atoms with Gasteiger partial charge >= 0.3 is 0 Å². The third kappa shape index (κ3) is 4.97. The van der Waals surface area contributed by atoms with E-state index in [2.05, 4.69) is 69.3 Å². The molecule has 0 bridgehead atoms. The average molecular weight is 335 g/mol. The molecule has 0 radical (unpaired) electrons. The van der Waals surface area contributed by atoms with E-state index in [9.17, 15) is 0 Å². The van der Waals surface area contributed by atoms with Crippen LogP contribution >= 0.6 is 0 Å². The highest BCUT2D eigenvalue weighted by Gasteiger charge is 2.21. The Kier molecular flexibility index (Phi) is 6.34. The summed E-state index contributed by atoms with van der Waals surface area (Å²) >= 11 is 0. The lowest BCUT2D eigenvalue weighted by atomic mass is 9.77. The Morgan fingerprint density at radius 1 is 0.880 bits per heavy atom. The van der Waals surface area contributed by atoms with E-state index in [1.807, 2.05) is 0 Å². The Balaban J connectivity index is 1.56. The van der Waals surface area contributed by atoms with Crippen LogP contribution in [0.5, 0.6) is 0 Å². The molecule has 1 fully saturated rings. The summed E-state index contributed by atoms with van der Waals surface area (Å²) in [5.74, 6) is 2.38. The first-order valence-corrected chi connectivity index (χ1v) is 10.3. The summed E-state index contributed by atoms with van der Waals surface area (Å²) in [4.78, 5) is 0. The lowest BCUT2D eigenvalue weighted by Gasteiger charge is -2.28. The predicted octanol–water partition coefficient (Wildman–Crippen LogP) is 7.42. The highest BCUT2D eigenvalue weighted by Crippen LogP contribution is 2.37. The van der Waals surface area contributed by atoms with Gasteiger partial charge in [0.05, 0.1) is 0 Å². The second-order valence-electron chi connectivity index (χ2n) is 8.26. The largest absolute Gasteiger partial charge is 0.0654 e. The number of hydrogen-bond donors (Lipinski definition) is 0. The summed E-state index contributed by atoms with van der Waals surface area (Å²) in [7, 11) is 0. The van der Waals surface area contributed by atoms with Crippen LogP contribution in [0.4, 0.5) is 0 Å². The molecule has 134 valence electrons. The van der Waals surface area contributed by atoms with Crippen LogP contribution in [-0.2, 0) is 6.42 Å². The van der Waals surface area contributed by atoms with Crippen molar-refractivity contribution in [1.29, 1.82) is 0 Å². The molecule has 0 N–H and O–H groups in total. The monoisotopic (exact) mass is 334 g/mol. The molecule has 3 rings (SSSR count). The Labute approximate surface area is 154 Å². The molecule has 0 heteroatoms. The predicted molar refractivity (Wildman–Crippen MR) is 109 cm³/mol. The van der Waals surface area contributed by atoms with E-state index in [0.717, 1.165) is 18.3 Å². The summed E-state index contributed by atoms with van der Waals surface area (Å²) < 4.78 is 0. The summed E-state index contributed by atoms with van der Waals surface area (Å²) in [6, 6.07) is 18.6. The fraction of sp³-hybridized carbons (Fsp3) is 0.520. The molecule has 0 spiro atoms. The van der Waals surface area contributed by atoms with Crippen molar-refractivity contribution in [2.24, 2.45) is 5.92 Å². The molecule has 0 heterocycles. The first kappa shape index (κ1) is 18.2. The third-order valence-electron chi connectivity index (χ3n) is 6.18. The van der Waals surface area contributed by atoms with E-state index < -0.39 is 0 Å². The molecule has 0 aromatic heterocycles. The van der Waals surface area contributed by atoms with Gasteiger partial charge < -0.3 is 0 Å². The van der Waals surface area contributed by atoms with E-state index in [0.29, 0.717) is 5.92 Å². The number of hydrogen-bond acceptors (Lipinski definition) is 0. The quantitative estimate of drug-likeness (QED) is 0.515. The molecule has 0 saturated heterocycles. The van der Waals surface area contributed by atoms with Gasteiger partial charge in [-0.25, -0.2) is 0 Å². The van der Waals surface area contributed by atoms with Crippen molar-refractivity contribution in [2.75, 3.05) is 0 Å². The highest BCUT2D eigenvalue weighted by atomic mass is 14.3. The molecule has 1 saturated carbocycles. The second-order valence-corrected chi connectivity index (χ2v) is 8.26. The molecule has 0 nitrogen and oxygen atoms in total. The first-order valence-electron chi connectivity index (χ1n) is 10.3. The molecule has 1 atom stereocenters. The van der Waals surface area contributed by atoms with Crippen molar-refractivity contribution < 1.29 is 0 Å². The minimum atomic E-state index is 0.580. The van der Waals surface area contributed by atoms with Crippen molar-refractivity contribution in [3.63, 3.8) is 0 Å². The average Bonchev–Trinajstić information content (AvgIpc) is 2.64. The number of benzene rings is 2. The molecule has 1 aliphatic carbocycles. The van der Waals surface area contributed by atoms with Crippen LogP contribution in [0.1, 0.15) is 86.5 Å². The van der Waals surface area contributed by atoms with Crippen molar-refractivity contribution in [3.8, 4) is 0 Å².